The Morgan fingerprint density at radius 3 is 2.67 bits per heavy atom. The zero-order chi connectivity index (χ0) is 15.7. The van der Waals surface area contributed by atoms with Gasteiger partial charge in [0.1, 0.15) is 17.4 Å². The molecule has 108 valence electrons. The first kappa shape index (κ1) is 15.4. The van der Waals surface area contributed by atoms with Gasteiger partial charge >= 0.3 is 0 Å². The highest BCUT2D eigenvalue weighted by Crippen LogP contribution is 2.43. The number of halogens is 2. The van der Waals surface area contributed by atoms with Crippen molar-refractivity contribution in [3.63, 3.8) is 0 Å². The number of ether oxygens (including phenoxy) is 1. The number of carbonyl (C=O) groups excluding carboxylic acids is 1. The lowest BCUT2D eigenvalue weighted by atomic mass is 9.81. The molecule has 2 N–H and O–H groups in total. The van der Waals surface area contributed by atoms with Gasteiger partial charge in [-0.25, -0.2) is 0 Å². The maximum Gasteiger partial charge on any atom is 0.205 e. The molecule has 0 amide bonds. The van der Waals surface area contributed by atoms with Gasteiger partial charge < -0.3 is 10.5 Å². The van der Waals surface area contributed by atoms with Crippen LogP contribution in [-0.2, 0) is 9.53 Å². The van der Waals surface area contributed by atoms with Crippen LogP contribution in [0.1, 0.15) is 25.3 Å². The van der Waals surface area contributed by atoms with Crippen molar-refractivity contribution in [2.24, 2.45) is 5.73 Å². The molecule has 1 atom stereocenters. The van der Waals surface area contributed by atoms with Crippen LogP contribution in [0.25, 0.3) is 0 Å². The highest BCUT2D eigenvalue weighted by Gasteiger charge is 2.35. The fourth-order valence-electron chi connectivity index (χ4n) is 2.39. The monoisotopic (exact) mass is 322 g/mol. The van der Waals surface area contributed by atoms with Crippen LogP contribution in [0, 0.1) is 11.3 Å². The molecule has 0 bridgehead atoms. The number of ketones is 1. The lowest BCUT2D eigenvalue weighted by Crippen LogP contribution is -2.23. The van der Waals surface area contributed by atoms with Gasteiger partial charge in [-0.15, -0.1) is 0 Å². The number of allylic oxidation sites excluding steroid dienone is 3. The van der Waals surface area contributed by atoms with E-state index in [4.69, 9.17) is 33.7 Å². The number of Topliss-reactive ketones (excluding diaryl/α,β-unsaturated/α-hetero) is 1. The van der Waals surface area contributed by atoms with E-state index in [1.165, 1.54) is 6.92 Å². The van der Waals surface area contributed by atoms with Gasteiger partial charge in [-0.05, 0) is 25.5 Å². The first-order chi connectivity index (χ1) is 9.88. The summed E-state index contributed by atoms with van der Waals surface area (Å²) in [5.74, 6) is -0.553. The van der Waals surface area contributed by atoms with Crippen LogP contribution in [0.3, 0.4) is 0 Å². The summed E-state index contributed by atoms with van der Waals surface area (Å²) in [5.41, 5.74) is 6.82. The standard InChI is InChI=1S/C15H12Cl2N2O2/c1-7(20)12-8(2)21-15(19)10(6-18)13(12)9-4-3-5-11(16)14(9)17/h3-5,13H,19H2,1-2H3/t13-/m1/s1. The van der Waals surface area contributed by atoms with Gasteiger partial charge in [0, 0.05) is 5.57 Å². The second kappa shape index (κ2) is 5.80. The third kappa shape index (κ3) is 2.63. The molecule has 1 aliphatic heterocycles. The minimum absolute atomic E-state index is 0.0268. The Kier molecular flexibility index (Phi) is 4.26. The highest BCUT2D eigenvalue weighted by atomic mass is 35.5. The van der Waals surface area contributed by atoms with Crippen molar-refractivity contribution in [3.05, 3.63) is 56.6 Å². The molecule has 0 saturated heterocycles. The molecule has 0 saturated carbocycles. The molecular formula is C15H12Cl2N2O2. The summed E-state index contributed by atoms with van der Waals surface area (Å²) in [6.45, 7) is 3.04. The Labute approximate surface area is 132 Å². The van der Waals surface area contributed by atoms with Crippen molar-refractivity contribution in [3.8, 4) is 6.07 Å². The van der Waals surface area contributed by atoms with Gasteiger partial charge in [0.25, 0.3) is 0 Å². The second-order valence-corrected chi connectivity index (χ2v) is 5.38. The van der Waals surface area contributed by atoms with Gasteiger partial charge in [0.15, 0.2) is 5.78 Å². The molecule has 0 aliphatic carbocycles. The summed E-state index contributed by atoms with van der Waals surface area (Å²) in [5, 5.41) is 10.00. The number of hydrogen-bond donors (Lipinski definition) is 1. The minimum Gasteiger partial charge on any atom is -0.445 e. The fourth-order valence-corrected chi connectivity index (χ4v) is 2.81. The van der Waals surface area contributed by atoms with Gasteiger partial charge in [-0.3, -0.25) is 4.79 Å². The molecule has 1 aliphatic rings. The van der Waals surface area contributed by atoms with Crippen LogP contribution in [0.4, 0.5) is 0 Å². The molecule has 0 fully saturated rings. The number of nitrogens with two attached hydrogens (primary N) is 1. The molecule has 1 aromatic rings. The van der Waals surface area contributed by atoms with Gasteiger partial charge in [-0.1, -0.05) is 35.3 Å². The third-order valence-corrected chi connectivity index (χ3v) is 4.11. The Bertz CT molecular complexity index is 730. The minimum atomic E-state index is -0.674. The molecular weight excluding hydrogens is 311 g/mol. The van der Waals surface area contributed by atoms with Gasteiger partial charge in [0.05, 0.1) is 16.0 Å². The Hall–Kier alpha value is -1.96. The first-order valence-electron chi connectivity index (χ1n) is 6.11. The molecule has 0 aromatic heterocycles. The maximum atomic E-state index is 12.0. The Balaban J connectivity index is 2.75. The summed E-state index contributed by atoms with van der Waals surface area (Å²) >= 11 is 12.3. The van der Waals surface area contributed by atoms with Crippen LogP contribution in [0.15, 0.2) is 41.0 Å². The smallest absolute Gasteiger partial charge is 0.205 e. The van der Waals surface area contributed by atoms with Crippen LogP contribution in [-0.4, -0.2) is 5.78 Å². The zero-order valence-corrected chi connectivity index (χ0v) is 12.9. The zero-order valence-electron chi connectivity index (χ0n) is 11.4. The molecule has 1 heterocycles. The lowest BCUT2D eigenvalue weighted by Gasteiger charge is -2.27. The van der Waals surface area contributed by atoms with Crippen molar-refractivity contribution in [2.75, 3.05) is 0 Å². The first-order valence-corrected chi connectivity index (χ1v) is 6.87. The quantitative estimate of drug-likeness (QED) is 0.901. The van der Waals surface area contributed by atoms with Crippen molar-refractivity contribution >= 4 is 29.0 Å². The predicted molar refractivity (Wildman–Crippen MR) is 80.5 cm³/mol. The largest absolute Gasteiger partial charge is 0.445 e. The second-order valence-electron chi connectivity index (χ2n) is 4.59. The van der Waals surface area contributed by atoms with E-state index >= 15 is 0 Å². The Morgan fingerprint density at radius 1 is 1.43 bits per heavy atom. The summed E-state index contributed by atoms with van der Waals surface area (Å²) in [6, 6.07) is 7.05. The summed E-state index contributed by atoms with van der Waals surface area (Å²) in [6.07, 6.45) is 0. The van der Waals surface area contributed by atoms with Crippen molar-refractivity contribution in [1.82, 2.24) is 0 Å². The van der Waals surface area contributed by atoms with Crippen molar-refractivity contribution < 1.29 is 9.53 Å². The summed E-state index contributed by atoms with van der Waals surface area (Å²) in [4.78, 5) is 12.0. The predicted octanol–water partition coefficient (Wildman–Crippen LogP) is 3.66. The molecule has 4 nitrogen and oxygen atoms in total. The molecule has 1 aromatic carbocycles. The summed E-state index contributed by atoms with van der Waals surface area (Å²) in [7, 11) is 0. The molecule has 6 heteroatoms. The lowest BCUT2D eigenvalue weighted by molar-refractivity contribution is -0.114. The van der Waals surface area contributed by atoms with Crippen LogP contribution >= 0.6 is 23.2 Å². The SMILES string of the molecule is CC(=O)C1=C(C)OC(N)=C(C#N)[C@H]1c1cccc(Cl)c1Cl. The maximum absolute atomic E-state index is 12.0. The number of hydrogen-bond acceptors (Lipinski definition) is 4. The van der Waals surface area contributed by atoms with E-state index in [-0.39, 0.29) is 22.3 Å². The van der Waals surface area contributed by atoms with E-state index in [2.05, 4.69) is 0 Å². The van der Waals surface area contributed by atoms with Gasteiger partial charge in [0.2, 0.25) is 5.88 Å². The van der Waals surface area contributed by atoms with Crippen LogP contribution in [0.5, 0.6) is 0 Å². The van der Waals surface area contributed by atoms with E-state index in [0.717, 1.165) is 0 Å². The van der Waals surface area contributed by atoms with E-state index in [0.29, 0.717) is 21.9 Å². The third-order valence-electron chi connectivity index (χ3n) is 3.28. The van der Waals surface area contributed by atoms with E-state index in [1.54, 1.807) is 25.1 Å². The molecule has 0 spiro atoms. The summed E-state index contributed by atoms with van der Waals surface area (Å²) < 4.78 is 5.30. The molecule has 21 heavy (non-hydrogen) atoms. The average Bonchev–Trinajstić information content (AvgIpc) is 2.40. The number of nitriles is 1. The molecule has 0 radical (unpaired) electrons. The Morgan fingerprint density at radius 2 is 2.10 bits per heavy atom. The fraction of sp³-hybridized carbons (Fsp3) is 0.200. The highest BCUT2D eigenvalue weighted by molar-refractivity contribution is 6.42. The average molecular weight is 323 g/mol. The molecule has 2 rings (SSSR count). The van der Waals surface area contributed by atoms with Crippen LogP contribution < -0.4 is 5.73 Å². The normalized spacial score (nSPS) is 18.3. The van der Waals surface area contributed by atoms with E-state index in [1.807, 2.05) is 6.07 Å². The number of rotatable bonds is 2. The van der Waals surface area contributed by atoms with Gasteiger partial charge in [-0.2, -0.15) is 5.26 Å². The van der Waals surface area contributed by atoms with E-state index < -0.39 is 5.92 Å². The van der Waals surface area contributed by atoms with Crippen molar-refractivity contribution in [2.45, 2.75) is 19.8 Å². The van der Waals surface area contributed by atoms with E-state index in [9.17, 15) is 10.1 Å². The van der Waals surface area contributed by atoms with Crippen LogP contribution in [0.2, 0.25) is 10.0 Å². The molecule has 0 unspecified atom stereocenters. The number of nitrogens with zero attached hydrogens (tertiary/aromatic N) is 1. The number of carbonyl (C=O) groups is 1. The van der Waals surface area contributed by atoms with Crippen molar-refractivity contribution in [1.29, 1.82) is 5.26 Å². The number of benzene rings is 1. The topological polar surface area (TPSA) is 76.1 Å².